The minimum absolute atomic E-state index is 0.00738. The minimum Gasteiger partial charge on any atom is -0.508 e. The number of benzene rings is 1. The van der Waals surface area contributed by atoms with E-state index in [0.29, 0.717) is 18.5 Å². The Morgan fingerprint density at radius 3 is 2.33 bits per heavy atom. The molecular formula is C25H41N3O5. The third kappa shape index (κ3) is 9.72. The van der Waals surface area contributed by atoms with Crippen LogP contribution in [0.15, 0.2) is 24.3 Å². The Hall–Kier alpha value is -2.77. The molecule has 33 heavy (non-hydrogen) atoms. The zero-order valence-corrected chi connectivity index (χ0v) is 21.1. The quantitative estimate of drug-likeness (QED) is 0.428. The van der Waals surface area contributed by atoms with Crippen LogP contribution < -0.4 is 10.6 Å². The lowest BCUT2D eigenvalue weighted by Crippen LogP contribution is -2.53. The van der Waals surface area contributed by atoms with Crippen molar-refractivity contribution in [1.82, 2.24) is 15.5 Å². The van der Waals surface area contributed by atoms with Gasteiger partial charge in [0, 0.05) is 13.1 Å². The number of unbranched alkanes of at least 4 members (excludes halogenated alkanes) is 1. The average molecular weight is 464 g/mol. The van der Waals surface area contributed by atoms with E-state index >= 15 is 0 Å². The van der Waals surface area contributed by atoms with Gasteiger partial charge in [-0.3, -0.25) is 9.59 Å². The molecule has 0 aromatic heterocycles. The number of alkyl carbamates (subject to hydrolysis) is 1. The number of carbonyl (C=O) groups excluding carboxylic acids is 3. The van der Waals surface area contributed by atoms with E-state index in [4.69, 9.17) is 4.74 Å². The third-order valence-corrected chi connectivity index (χ3v) is 4.90. The fourth-order valence-electron chi connectivity index (χ4n) is 3.46. The summed E-state index contributed by atoms with van der Waals surface area (Å²) < 4.78 is 5.35. The summed E-state index contributed by atoms with van der Waals surface area (Å²) in [6.45, 7) is 13.7. The first-order valence-corrected chi connectivity index (χ1v) is 11.8. The maximum absolute atomic E-state index is 13.7. The van der Waals surface area contributed by atoms with E-state index in [2.05, 4.69) is 10.6 Å². The summed E-state index contributed by atoms with van der Waals surface area (Å²) in [6.07, 6.45) is 1.44. The van der Waals surface area contributed by atoms with Crippen molar-refractivity contribution in [3.05, 3.63) is 29.8 Å². The van der Waals surface area contributed by atoms with Gasteiger partial charge in [0.2, 0.25) is 11.8 Å². The summed E-state index contributed by atoms with van der Waals surface area (Å²) >= 11 is 0. The summed E-state index contributed by atoms with van der Waals surface area (Å²) in [7, 11) is 0. The van der Waals surface area contributed by atoms with Gasteiger partial charge in [0.1, 0.15) is 23.4 Å². The predicted molar refractivity (Wildman–Crippen MR) is 129 cm³/mol. The summed E-state index contributed by atoms with van der Waals surface area (Å²) in [5, 5.41) is 15.6. The minimum atomic E-state index is -0.943. The van der Waals surface area contributed by atoms with Crippen molar-refractivity contribution in [1.29, 1.82) is 0 Å². The number of likely N-dealkylation sites (N-methyl/N-ethyl adjacent to an activating group) is 1. The smallest absolute Gasteiger partial charge is 0.408 e. The van der Waals surface area contributed by atoms with Crippen molar-refractivity contribution in [2.24, 2.45) is 5.92 Å². The summed E-state index contributed by atoms with van der Waals surface area (Å²) in [5.74, 6) is -0.584. The SMILES string of the molecule is CCCCNC(=O)C(c1cccc(O)c1)N(CC)C(=O)C(CC(C)C)NC(=O)OC(C)(C)C. The Balaban J connectivity index is 3.29. The normalized spacial score (nSPS) is 13.2. The number of carbonyl (C=O) groups is 3. The van der Waals surface area contributed by atoms with Gasteiger partial charge in [0.25, 0.3) is 0 Å². The summed E-state index contributed by atoms with van der Waals surface area (Å²) in [4.78, 5) is 40.7. The van der Waals surface area contributed by atoms with E-state index in [0.717, 1.165) is 12.8 Å². The van der Waals surface area contributed by atoms with E-state index in [1.54, 1.807) is 39.8 Å². The van der Waals surface area contributed by atoms with Gasteiger partial charge in [-0.25, -0.2) is 4.79 Å². The van der Waals surface area contributed by atoms with Gasteiger partial charge in [-0.15, -0.1) is 0 Å². The van der Waals surface area contributed by atoms with Gasteiger partial charge in [0.15, 0.2) is 0 Å². The first kappa shape index (κ1) is 28.3. The highest BCUT2D eigenvalue weighted by molar-refractivity contribution is 5.92. The Morgan fingerprint density at radius 1 is 1.15 bits per heavy atom. The number of ether oxygens (including phenoxy) is 1. The average Bonchev–Trinajstić information content (AvgIpc) is 2.69. The van der Waals surface area contributed by atoms with Crippen molar-refractivity contribution < 1.29 is 24.2 Å². The highest BCUT2D eigenvalue weighted by atomic mass is 16.6. The van der Waals surface area contributed by atoms with Gasteiger partial charge in [-0.1, -0.05) is 39.3 Å². The Kier molecular flexibility index (Phi) is 11.2. The molecule has 0 aliphatic rings. The maximum atomic E-state index is 13.7. The van der Waals surface area contributed by atoms with Crippen LogP contribution >= 0.6 is 0 Å². The molecule has 0 aliphatic heterocycles. The summed E-state index contributed by atoms with van der Waals surface area (Å²) in [5.41, 5.74) is -0.205. The van der Waals surface area contributed by atoms with Crippen LogP contribution in [0.25, 0.3) is 0 Å². The molecule has 1 aromatic carbocycles. The molecule has 3 amide bonds. The second-order valence-corrected chi connectivity index (χ2v) is 9.59. The third-order valence-electron chi connectivity index (χ3n) is 4.90. The number of phenols is 1. The topological polar surface area (TPSA) is 108 Å². The number of nitrogens with one attached hydrogen (secondary N) is 2. The van der Waals surface area contributed by atoms with Crippen LogP contribution in [0.3, 0.4) is 0 Å². The molecule has 0 spiro atoms. The van der Waals surface area contributed by atoms with E-state index in [9.17, 15) is 19.5 Å². The molecule has 0 heterocycles. The van der Waals surface area contributed by atoms with Crippen LogP contribution in [-0.4, -0.2) is 52.6 Å². The second-order valence-electron chi connectivity index (χ2n) is 9.59. The van der Waals surface area contributed by atoms with Gasteiger partial charge >= 0.3 is 6.09 Å². The fourth-order valence-corrected chi connectivity index (χ4v) is 3.46. The Morgan fingerprint density at radius 2 is 1.82 bits per heavy atom. The molecule has 0 aliphatic carbocycles. The molecule has 186 valence electrons. The lowest BCUT2D eigenvalue weighted by molar-refractivity contribution is -0.142. The molecule has 8 heteroatoms. The molecule has 0 saturated carbocycles. The largest absolute Gasteiger partial charge is 0.508 e. The Labute approximate surface area is 198 Å². The standard InChI is InChI=1S/C25H41N3O5/c1-8-10-14-26-22(30)21(18-12-11-13-19(29)16-18)28(9-2)23(31)20(15-17(3)4)27-24(32)33-25(5,6)7/h11-13,16-17,20-21,29H,8-10,14-15H2,1-7H3,(H,26,30)(H,27,32). The van der Waals surface area contributed by atoms with E-state index in [1.165, 1.54) is 17.0 Å². The number of hydrogen-bond acceptors (Lipinski definition) is 5. The van der Waals surface area contributed by atoms with Crippen molar-refractivity contribution in [2.75, 3.05) is 13.1 Å². The first-order chi connectivity index (χ1) is 15.4. The molecule has 0 radical (unpaired) electrons. The molecule has 2 atom stereocenters. The fraction of sp³-hybridized carbons (Fsp3) is 0.640. The van der Waals surface area contributed by atoms with Crippen molar-refractivity contribution in [2.45, 2.75) is 85.4 Å². The monoisotopic (exact) mass is 463 g/mol. The Bertz CT molecular complexity index is 788. The molecule has 0 bridgehead atoms. The van der Waals surface area contributed by atoms with Gasteiger partial charge < -0.3 is 25.4 Å². The van der Waals surface area contributed by atoms with E-state index in [-0.39, 0.29) is 30.0 Å². The lowest BCUT2D eigenvalue weighted by atomic mass is 9.99. The lowest BCUT2D eigenvalue weighted by Gasteiger charge is -2.34. The van der Waals surface area contributed by atoms with Gasteiger partial charge in [0.05, 0.1) is 0 Å². The second kappa shape index (κ2) is 13.1. The predicted octanol–water partition coefficient (Wildman–Crippen LogP) is 4.14. The molecule has 3 N–H and O–H groups in total. The maximum Gasteiger partial charge on any atom is 0.408 e. The molecular weight excluding hydrogens is 422 g/mol. The van der Waals surface area contributed by atoms with Crippen molar-refractivity contribution in [3.63, 3.8) is 0 Å². The molecule has 0 fully saturated rings. The zero-order valence-electron chi connectivity index (χ0n) is 21.1. The molecule has 8 nitrogen and oxygen atoms in total. The van der Waals surface area contributed by atoms with Gasteiger partial charge in [-0.05, 0) is 64.2 Å². The first-order valence-electron chi connectivity index (χ1n) is 11.8. The van der Waals surface area contributed by atoms with Crippen LogP contribution in [-0.2, 0) is 14.3 Å². The van der Waals surface area contributed by atoms with Crippen LogP contribution in [0.1, 0.15) is 79.3 Å². The van der Waals surface area contributed by atoms with Crippen molar-refractivity contribution in [3.8, 4) is 5.75 Å². The van der Waals surface area contributed by atoms with E-state index < -0.39 is 23.8 Å². The van der Waals surface area contributed by atoms with Crippen LogP contribution in [0.4, 0.5) is 4.79 Å². The number of nitrogens with zero attached hydrogens (tertiary/aromatic N) is 1. The summed E-state index contributed by atoms with van der Waals surface area (Å²) in [6, 6.07) is 4.54. The highest BCUT2D eigenvalue weighted by Crippen LogP contribution is 2.26. The highest BCUT2D eigenvalue weighted by Gasteiger charge is 2.35. The number of aromatic hydroxyl groups is 1. The van der Waals surface area contributed by atoms with Crippen LogP contribution in [0, 0.1) is 5.92 Å². The molecule has 1 aromatic rings. The number of rotatable bonds is 11. The van der Waals surface area contributed by atoms with Crippen LogP contribution in [0.5, 0.6) is 5.75 Å². The molecule has 2 unspecified atom stereocenters. The van der Waals surface area contributed by atoms with Crippen LogP contribution in [0.2, 0.25) is 0 Å². The zero-order chi connectivity index (χ0) is 25.2. The van der Waals surface area contributed by atoms with Crippen molar-refractivity contribution >= 4 is 17.9 Å². The van der Waals surface area contributed by atoms with Gasteiger partial charge in [-0.2, -0.15) is 0 Å². The number of phenolic OH excluding ortho intramolecular Hbond substituents is 1. The number of amides is 3. The molecule has 1 rings (SSSR count). The molecule has 0 saturated heterocycles. The van der Waals surface area contributed by atoms with E-state index in [1.807, 2.05) is 20.8 Å². The number of hydrogen-bond donors (Lipinski definition) is 3.